The van der Waals surface area contributed by atoms with Crippen molar-refractivity contribution in [2.45, 2.75) is 12.5 Å². The van der Waals surface area contributed by atoms with Crippen LogP contribution in [0.25, 0.3) is 10.8 Å². The van der Waals surface area contributed by atoms with Crippen molar-refractivity contribution in [2.75, 3.05) is 19.7 Å². The van der Waals surface area contributed by atoms with Gasteiger partial charge in [-0.05, 0) is 22.4 Å². The molecule has 1 aromatic heterocycles. The van der Waals surface area contributed by atoms with Crippen LogP contribution in [0, 0.1) is 0 Å². The number of carbonyl (C=O) groups excluding carboxylic acids is 1. The zero-order chi connectivity index (χ0) is 17.9. The minimum absolute atomic E-state index is 0.0405. The molecule has 5 heteroatoms. The summed E-state index contributed by atoms with van der Waals surface area (Å²) in [7, 11) is 0. The van der Waals surface area contributed by atoms with Gasteiger partial charge in [0.1, 0.15) is 0 Å². The number of morpholine rings is 1. The quantitative estimate of drug-likeness (QED) is 0.791. The first-order valence-corrected chi connectivity index (χ1v) is 8.77. The standard InChI is InChI=1S/C21H20N2O3/c24-20-9-8-17(13-22-20)21(25)23-10-11-26-18(14-23)12-16-6-3-5-15-4-1-2-7-19(15)16/h1-9,13,18H,10-12,14H2,(H,22,24)/t18-/m1/s1. The first kappa shape index (κ1) is 16.5. The van der Waals surface area contributed by atoms with Crippen molar-refractivity contribution in [1.29, 1.82) is 0 Å². The molecule has 4 rings (SSSR count). The number of nitrogens with one attached hydrogen (secondary N) is 1. The fraction of sp³-hybridized carbons (Fsp3) is 0.238. The van der Waals surface area contributed by atoms with E-state index in [9.17, 15) is 9.59 Å². The summed E-state index contributed by atoms with van der Waals surface area (Å²) < 4.78 is 5.91. The highest BCUT2D eigenvalue weighted by molar-refractivity contribution is 5.94. The second-order valence-corrected chi connectivity index (χ2v) is 6.53. The maximum absolute atomic E-state index is 12.7. The highest BCUT2D eigenvalue weighted by Gasteiger charge is 2.25. The maximum Gasteiger partial charge on any atom is 0.255 e. The molecule has 1 amide bonds. The third-order valence-corrected chi connectivity index (χ3v) is 4.78. The van der Waals surface area contributed by atoms with E-state index in [1.807, 2.05) is 12.1 Å². The van der Waals surface area contributed by atoms with E-state index in [1.54, 1.807) is 11.0 Å². The van der Waals surface area contributed by atoms with E-state index in [4.69, 9.17) is 4.74 Å². The van der Waals surface area contributed by atoms with Gasteiger partial charge in [-0.15, -0.1) is 0 Å². The number of nitrogens with zero attached hydrogens (tertiary/aromatic N) is 1. The first-order chi connectivity index (χ1) is 12.7. The van der Waals surface area contributed by atoms with E-state index in [0.29, 0.717) is 25.3 Å². The van der Waals surface area contributed by atoms with Crippen LogP contribution >= 0.6 is 0 Å². The van der Waals surface area contributed by atoms with Crippen molar-refractivity contribution < 1.29 is 9.53 Å². The molecule has 2 aromatic carbocycles. The summed E-state index contributed by atoms with van der Waals surface area (Å²) in [5.74, 6) is -0.0764. The number of carbonyl (C=O) groups is 1. The molecule has 3 aromatic rings. The lowest BCUT2D eigenvalue weighted by atomic mass is 9.99. The number of ether oxygens (including phenoxy) is 1. The zero-order valence-corrected chi connectivity index (χ0v) is 14.4. The summed E-state index contributed by atoms with van der Waals surface area (Å²) in [4.78, 5) is 28.2. The van der Waals surface area contributed by atoms with Crippen molar-refractivity contribution in [3.05, 3.63) is 82.3 Å². The van der Waals surface area contributed by atoms with Gasteiger partial charge in [-0.1, -0.05) is 42.5 Å². The number of hydrogen-bond acceptors (Lipinski definition) is 3. The van der Waals surface area contributed by atoms with E-state index < -0.39 is 0 Å². The molecule has 2 heterocycles. The third-order valence-electron chi connectivity index (χ3n) is 4.78. The Balaban J connectivity index is 1.50. The van der Waals surface area contributed by atoms with Crippen LogP contribution in [0.1, 0.15) is 15.9 Å². The SMILES string of the molecule is O=C(c1ccc(=O)[nH]c1)N1CCO[C@H](Cc2cccc3ccccc23)C1. The van der Waals surface area contributed by atoms with Crippen LogP contribution in [0.5, 0.6) is 0 Å². The summed E-state index contributed by atoms with van der Waals surface area (Å²) in [6.07, 6.45) is 2.19. The molecule has 0 saturated carbocycles. The van der Waals surface area contributed by atoms with Crippen LogP contribution in [0.15, 0.2) is 65.6 Å². The van der Waals surface area contributed by atoms with Gasteiger partial charge in [-0.25, -0.2) is 0 Å². The van der Waals surface area contributed by atoms with E-state index in [1.165, 1.54) is 28.6 Å². The number of aromatic nitrogens is 1. The normalized spacial score (nSPS) is 17.4. The highest BCUT2D eigenvalue weighted by Crippen LogP contribution is 2.22. The van der Waals surface area contributed by atoms with Gasteiger partial charge in [0.2, 0.25) is 5.56 Å². The Morgan fingerprint density at radius 1 is 1.12 bits per heavy atom. The van der Waals surface area contributed by atoms with Crippen molar-refractivity contribution in [2.24, 2.45) is 0 Å². The van der Waals surface area contributed by atoms with E-state index >= 15 is 0 Å². The number of pyridine rings is 1. The molecule has 26 heavy (non-hydrogen) atoms. The predicted molar refractivity (Wildman–Crippen MR) is 100 cm³/mol. The Morgan fingerprint density at radius 2 is 1.96 bits per heavy atom. The molecular formula is C21H20N2O3. The molecule has 1 N–H and O–H groups in total. The lowest BCUT2D eigenvalue weighted by Gasteiger charge is -2.33. The second kappa shape index (κ2) is 7.14. The number of rotatable bonds is 3. The van der Waals surface area contributed by atoms with Crippen LogP contribution in [0.2, 0.25) is 0 Å². The van der Waals surface area contributed by atoms with E-state index in [2.05, 4.69) is 35.3 Å². The van der Waals surface area contributed by atoms with Crippen LogP contribution in [0.3, 0.4) is 0 Å². The van der Waals surface area contributed by atoms with Crippen LogP contribution < -0.4 is 5.56 Å². The van der Waals surface area contributed by atoms with Gasteiger partial charge >= 0.3 is 0 Å². The van der Waals surface area contributed by atoms with Crippen molar-refractivity contribution >= 4 is 16.7 Å². The van der Waals surface area contributed by atoms with Gasteiger partial charge < -0.3 is 14.6 Å². The largest absolute Gasteiger partial charge is 0.374 e. The Hall–Kier alpha value is -2.92. The molecule has 1 aliphatic rings. The Bertz CT molecular complexity index is 970. The molecule has 1 atom stereocenters. The molecule has 0 aliphatic carbocycles. The van der Waals surface area contributed by atoms with Crippen LogP contribution in [0.4, 0.5) is 0 Å². The highest BCUT2D eigenvalue weighted by atomic mass is 16.5. The van der Waals surface area contributed by atoms with Crippen molar-refractivity contribution in [3.8, 4) is 0 Å². The molecule has 0 radical (unpaired) electrons. The Morgan fingerprint density at radius 3 is 2.81 bits per heavy atom. The summed E-state index contributed by atoms with van der Waals surface area (Å²) >= 11 is 0. The Labute approximate surface area is 151 Å². The van der Waals surface area contributed by atoms with Gasteiger partial charge in [-0.2, -0.15) is 0 Å². The number of benzene rings is 2. The number of hydrogen-bond donors (Lipinski definition) is 1. The van der Waals surface area contributed by atoms with E-state index in [-0.39, 0.29) is 17.6 Å². The smallest absolute Gasteiger partial charge is 0.255 e. The molecule has 1 saturated heterocycles. The van der Waals surface area contributed by atoms with Crippen molar-refractivity contribution in [1.82, 2.24) is 9.88 Å². The summed E-state index contributed by atoms with van der Waals surface area (Å²) in [6, 6.07) is 17.5. The molecule has 132 valence electrons. The number of H-pyrrole nitrogens is 1. The fourth-order valence-corrected chi connectivity index (χ4v) is 3.47. The minimum Gasteiger partial charge on any atom is -0.374 e. The number of aromatic amines is 1. The fourth-order valence-electron chi connectivity index (χ4n) is 3.47. The first-order valence-electron chi connectivity index (χ1n) is 8.77. The van der Waals surface area contributed by atoms with Crippen molar-refractivity contribution in [3.63, 3.8) is 0 Å². The number of fused-ring (bicyclic) bond motifs is 1. The molecule has 0 unspecified atom stereocenters. The average Bonchev–Trinajstić information content (AvgIpc) is 2.69. The molecule has 1 aliphatic heterocycles. The molecule has 0 spiro atoms. The van der Waals surface area contributed by atoms with E-state index in [0.717, 1.165) is 6.42 Å². The van der Waals surface area contributed by atoms with Gasteiger partial charge in [0.05, 0.1) is 18.3 Å². The lowest BCUT2D eigenvalue weighted by molar-refractivity contribution is -0.0207. The third kappa shape index (κ3) is 3.39. The molecule has 1 fully saturated rings. The second-order valence-electron chi connectivity index (χ2n) is 6.53. The van der Waals surface area contributed by atoms with Gasteiger partial charge in [-0.3, -0.25) is 9.59 Å². The summed E-state index contributed by atoms with van der Waals surface area (Å²) in [5, 5.41) is 2.43. The lowest BCUT2D eigenvalue weighted by Crippen LogP contribution is -2.46. The van der Waals surface area contributed by atoms with Gasteiger partial charge in [0.25, 0.3) is 5.91 Å². The topological polar surface area (TPSA) is 62.4 Å². The summed E-state index contributed by atoms with van der Waals surface area (Å²) in [5.41, 5.74) is 1.51. The number of amides is 1. The van der Waals surface area contributed by atoms with Crippen LogP contribution in [-0.2, 0) is 11.2 Å². The van der Waals surface area contributed by atoms with Crippen LogP contribution in [-0.4, -0.2) is 41.6 Å². The molecular weight excluding hydrogens is 328 g/mol. The average molecular weight is 348 g/mol. The van der Waals surface area contributed by atoms with Gasteiger partial charge in [0.15, 0.2) is 0 Å². The monoisotopic (exact) mass is 348 g/mol. The molecule has 5 nitrogen and oxygen atoms in total. The zero-order valence-electron chi connectivity index (χ0n) is 14.4. The molecule has 0 bridgehead atoms. The summed E-state index contributed by atoms with van der Waals surface area (Å²) in [6.45, 7) is 1.62. The predicted octanol–water partition coefficient (Wildman–Crippen LogP) is 2.61. The van der Waals surface area contributed by atoms with Gasteiger partial charge in [0, 0.05) is 31.8 Å². The Kier molecular flexibility index (Phi) is 4.54. The maximum atomic E-state index is 12.7. The minimum atomic E-state index is -0.211.